The van der Waals surface area contributed by atoms with Crippen molar-refractivity contribution < 1.29 is 14.3 Å². The Morgan fingerprint density at radius 2 is 2.05 bits per heavy atom. The molecule has 0 aromatic heterocycles. The van der Waals surface area contributed by atoms with Crippen LogP contribution in [0.4, 0.5) is 0 Å². The Hall–Kier alpha value is -2.01. The van der Waals surface area contributed by atoms with Crippen LogP contribution in [0.3, 0.4) is 0 Å². The van der Waals surface area contributed by atoms with Crippen LogP contribution in [0.1, 0.15) is 16.8 Å². The molecule has 1 N–H and O–H groups in total. The number of benzene rings is 1. The van der Waals surface area contributed by atoms with Crippen LogP contribution in [0.15, 0.2) is 30.4 Å². The second kappa shape index (κ2) is 6.63. The van der Waals surface area contributed by atoms with E-state index in [4.69, 9.17) is 9.47 Å². The van der Waals surface area contributed by atoms with Crippen LogP contribution in [-0.2, 0) is 0 Å². The molecule has 0 aliphatic carbocycles. The summed E-state index contributed by atoms with van der Waals surface area (Å²) in [6.45, 7) is 4.65. The molecule has 0 spiro atoms. The fraction of sp³-hybridized carbons (Fsp3) is 0.438. The van der Waals surface area contributed by atoms with E-state index in [1.807, 2.05) is 0 Å². The number of carbonyl (C=O) groups is 1. The van der Waals surface area contributed by atoms with Crippen LogP contribution < -0.4 is 14.8 Å². The number of nitrogens with one attached hydrogen (secondary N) is 1. The minimum atomic E-state index is -0.0699. The van der Waals surface area contributed by atoms with Gasteiger partial charge in [0.25, 0.3) is 5.91 Å². The topological polar surface area (TPSA) is 50.8 Å². The van der Waals surface area contributed by atoms with Crippen molar-refractivity contribution in [1.82, 2.24) is 10.2 Å². The Balaban J connectivity index is 1.52. The van der Waals surface area contributed by atoms with Gasteiger partial charge in [0.2, 0.25) is 0 Å². The molecule has 0 bridgehead atoms. The van der Waals surface area contributed by atoms with E-state index in [0.29, 0.717) is 36.8 Å². The molecule has 0 saturated carbocycles. The molecule has 0 atom stereocenters. The molecule has 0 saturated heterocycles. The predicted octanol–water partition coefficient (Wildman–Crippen LogP) is 1.45. The van der Waals surface area contributed by atoms with Crippen LogP contribution in [0, 0.1) is 0 Å². The first-order valence-corrected chi connectivity index (χ1v) is 7.38. The van der Waals surface area contributed by atoms with Gasteiger partial charge in [0.1, 0.15) is 13.2 Å². The van der Waals surface area contributed by atoms with Crippen LogP contribution in [0.25, 0.3) is 0 Å². The summed E-state index contributed by atoms with van der Waals surface area (Å²) >= 11 is 0. The van der Waals surface area contributed by atoms with E-state index in [9.17, 15) is 4.79 Å². The number of amides is 1. The van der Waals surface area contributed by atoms with Gasteiger partial charge in [-0.25, -0.2) is 0 Å². The minimum Gasteiger partial charge on any atom is -0.486 e. The zero-order chi connectivity index (χ0) is 14.5. The quantitative estimate of drug-likeness (QED) is 0.852. The number of fused-ring (bicyclic) bond motifs is 1. The largest absolute Gasteiger partial charge is 0.486 e. The van der Waals surface area contributed by atoms with E-state index >= 15 is 0 Å². The molecule has 21 heavy (non-hydrogen) atoms. The molecule has 2 heterocycles. The van der Waals surface area contributed by atoms with E-state index in [1.165, 1.54) is 0 Å². The minimum absolute atomic E-state index is 0.0699. The van der Waals surface area contributed by atoms with Crippen molar-refractivity contribution in [3.05, 3.63) is 35.9 Å². The van der Waals surface area contributed by atoms with Gasteiger partial charge in [0.05, 0.1) is 0 Å². The van der Waals surface area contributed by atoms with Crippen molar-refractivity contribution in [1.29, 1.82) is 0 Å². The molecule has 5 heteroatoms. The summed E-state index contributed by atoms with van der Waals surface area (Å²) in [6, 6.07) is 5.30. The molecule has 1 aromatic rings. The van der Waals surface area contributed by atoms with Crippen molar-refractivity contribution in [2.24, 2.45) is 0 Å². The lowest BCUT2D eigenvalue weighted by atomic mass is 10.2. The number of nitrogens with zero attached hydrogens (tertiary/aromatic N) is 1. The SMILES string of the molecule is O=C(NCCN1CC=CCC1)c1ccc2c(c1)OCCO2. The van der Waals surface area contributed by atoms with E-state index in [0.717, 1.165) is 26.1 Å². The summed E-state index contributed by atoms with van der Waals surface area (Å²) in [4.78, 5) is 14.5. The third kappa shape index (κ3) is 3.55. The smallest absolute Gasteiger partial charge is 0.251 e. The van der Waals surface area contributed by atoms with Gasteiger partial charge in [-0.3, -0.25) is 9.69 Å². The van der Waals surface area contributed by atoms with E-state index in [2.05, 4.69) is 22.4 Å². The van der Waals surface area contributed by atoms with E-state index in [1.54, 1.807) is 18.2 Å². The summed E-state index contributed by atoms with van der Waals surface area (Å²) in [7, 11) is 0. The lowest BCUT2D eigenvalue weighted by Crippen LogP contribution is -2.36. The summed E-state index contributed by atoms with van der Waals surface area (Å²) in [5.41, 5.74) is 0.609. The molecule has 0 unspecified atom stereocenters. The maximum absolute atomic E-state index is 12.1. The zero-order valence-corrected chi connectivity index (χ0v) is 12.0. The summed E-state index contributed by atoms with van der Waals surface area (Å²) in [5.74, 6) is 1.28. The van der Waals surface area contributed by atoms with Gasteiger partial charge in [0, 0.05) is 31.7 Å². The first-order chi connectivity index (χ1) is 10.3. The van der Waals surface area contributed by atoms with Gasteiger partial charge in [0.15, 0.2) is 11.5 Å². The lowest BCUT2D eigenvalue weighted by molar-refractivity contribution is 0.0947. The van der Waals surface area contributed by atoms with Crippen molar-refractivity contribution >= 4 is 5.91 Å². The second-order valence-corrected chi connectivity index (χ2v) is 5.18. The molecular weight excluding hydrogens is 268 g/mol. The van der Waals surface area contributed by atoms with Gasteiger partial charge >= 0.3 is 0 Å². The maximum atomic E-state index is 12.1. The highest BCUT2D eigenvalue weighted by Crippen LogP contribution is 2.30. The van der Waals surface area contributed by atoms with Crippen LogP contribution in [0.2, 0.25) is 0 Å². The Labute approximate surface area is 124 Å². The standard InChI is InChI=1S/C16H20N2O3/c19-16(17-6-9-18-7-2-1-3-8-18)13-4-5-14-15(12-13)21-11-10-20-14/h1-2,4-5,12H,3,6-11H2,(H,17,19). The normalized spacial score (nSPS) is 17.5. The average Bonchev–Trinajstić information content (AvgIpc) is 2.55. The molecule has 0 radical (unpaired) electrons. The van der Waals surface area contributed by atoms with Gasteiger partial charge in [-0.2, -0.15) is 0 Å². The molecule has 2 aliphatic heterocycles. The van der Waals surface area contributed by atoms with Crippen molar-refractivity contribution in [2.75, 3.05) is 39.4 Å². The first kappa shape index (κ1) is 13.9. The molecule has 1 amide bonds. The molecule has 5 nitrogen and oxygen atoms in total. The number of rotatable bonds is 4. The van der Waals surface area contributed by atoms with Crippen LogP contribution in [-0.4, -0.2) is 50.2 Å². The van der Waals surface area contributed by atoms with Gasteiger partial charge in [-0.15, -0.1) is 0 Å². The Bertz CT molecular complexity index is 542. The number of hydrogen-bond donors (Lipinski definition) is 1. The average molecular weight is 288 g/mol. The fourth-order valence-corrected chi connectivity index (χ4v) is 2.51. The highest BCUT2D eigenvalue weighted by molar-refractivity contribution is 5.94. The summed E-state index contributed by atoms with van der Waals surface area (Å²) in [6.07, 6.45) is 5.46. The Kier molecular flexibility index (Phi) is 4.40. The monoisotopic (exact) mass is 288 g/mol. The molecule has 0 fully saturated rings. The van der Waals surface area contributed by atoms with E-state index in [-0.39, 0.29) is 5.91 Å². The van der Waals surface area contributed by atoms with Crippen molar-refractivity contribution in [3.63, 3.8) is 0 Å². The second-order valence-electron chi connectivity index (χ2n) is 5.18. The Morgan fingerprint density at radius 3 is 2.86 bits per heavy atom. The Morgan fingerprint density at radius 1 is 1.19 bits per heavy atom. The molecule has 3 rings (SSSR count). The summed E-state index contributed by atoms with van der Waals surface area (Å²) in [5, 5.41) is 2.95. The van der Waals surface area contributed by atoms with Crippen molar-refractivity contribution in [2.45, 2.75) is 6.42 Å². The summed E-state index contributed by atoms with van der Waals surface area (Å²) < 4.78 is 10.9. The highest BCUT2D eigenvalue weighted by atomic mass is 16.6. The predicted molar refractivity (Wildman–Crippen MR) is 80.0 cm³/mol. The molecule has 112 valence electrons. The molecular formula is C16H20N2O3. The third-order valence-electron chi connectivity index (χ3n) is 3.66. The molecule has 1 aromatic carbocycles. The number of ether oxygens (including phenoxy) is 2. The number of hydrogen-bond acceptors (Lipinski definition) is 4. The van der Waals surface area contributed by atoms with Crippen LogP contribution >= 0.6 is 0 Å². The van der Waals surface area contributed by atoms with Gasteiger partial charge in [-0.1, -0.05) is 12.2 Å². The molecule has 2 aliphatic rings. The highest BCUT2D eigenvalue weighted by Gasteiger charge is 2.15. The first-order valence-electron chi connectivity index (χ1n) is 7.38. The lowest BCUT2D eigenvalue weighted by Gasteiger charge is -2.23. The van der Waals surface area contributed by atoms with Gasteiger partial charge in [-0.05, 0) is 24.6 Å². The van der Waals surface area contributed by atoms with Crippen molar-refractivity contribution in [3.8, 4) is 11.5 Å². The zero-order valence-electron chi connectivity index (χ0n) is 12.0. The fourth-order valence-electron chi connectivity index (χ4n) is 2.51. The maximum Gasteiger partial charge on any atom is 0.251 e. The van der Waals surface area contributed by atoms with Gasteiger partial charge < -0.3 is 14.8 Å². The van der Waals surface area contributed by atoms with Crippen LogP contribution in [0.5, 0.6) is 11.5 Å². The third-order valence-corrected chi connectivity index (χ3v) is 3.66. The van der Waals surface area contributed by atoms with E-state index < -0.39 is 0 Å². The number of carbonyl (C=O) groups excluding carboxylic acids is 1.